The Morgan fingerprint density at radius 3 is 2.59 bits per heavy atom. The number of hydrogen-bond donors (Lipinski definition) is 2. The van der Waals surface area contributed by atoms with Gasteiger partial charge in [-0.25, -0.2) is 24.4 Å². The lowest BCUT2D eigenvalue weighted by molar-refractivity contribution is -0.142. The molecule has 0 unspecified atom stereocenters. The first-order chi connectivity index (χ1) is 18.4. The zero-order valence-corrected chi connectivity index (χ0v) is 23.3. The van der Waals surface area contributed by atoms with Crippen molar-refractivity contribution in [2.45, 2.75) is 57.4 Å². The Labute approximate surface area is 228 Å². The maximum atomic E-state index is 14.6. The van der Waals surface area contributed by atoms with Crippen LogP contribution >= 0.6 is 0 Å². The third-order valence-corrected chi connectivity index (χ3v) is 8.00. The number of methoxy groups -OCH3 is 1. The molecular formula is C27H41F2N7O3. The minimum Gasteiger partial charge on any atom is -0.469 e. The number of nitrogens with zero attached hydrogens (tertiary/aromatic N) is 5. The van der Waals surface area contributed by atoms with E-state index in [1.54, 1.807) is 33.9 Å². The summed E-state index contributed by atoms with van der Waals surface area (Å²) in [4.78, 5) is 34.6. The molecule has 216 valence electrons. The first-order valence-corrected chi connectivity index (χ1v) is 13.6. The van der Waals surface area contributed by atoms with Gasteiger partial charge in [0.1, 0.15) is 0 Å². The molecule has 2 amide bonds. The van der Waals surface area contributed by atoms with Crippen molar-refractivity contribution in [3.8, 4) is 0 Å². The van der Waals surface area contributed by atoms with E-state index in [4.69, 9.17) is 21.3 Å². The number of hydrogen-bond acceptors (Lipinski definition) is 8. The number of likely N-dealkylation sites (N-methyl/N-ethyl adjacent to an activating group) is 2. The van der Waals surface area contributed by atoms with Crippen LogP contribution in [0.3, 0.4) is 0 Å². The van der Waals surface area contributed by atoms with Gasteiger partial charge in [0, 0.05) is 33.6 Å². The maximum Gasteiger partial charge on any atom is 0.320 e. The molecule has 0 spiro atoms. The van der Waals surface area contributed by atoms with Crippen LogP contribution in [0, 0.1) is 11.8 Å². The van der Waals surface area contributed by atoms with E-state index >= 15 is 0 Å². The van der Waals surface area contributed by atoms with Crippen LogP contribution in [0.15, 0.2) is 17.8 Å². The average molecular weight is 550 g/mol. The Hall–Kier alpha value is -3.15. The number of amides is 2. The predicted molar refractivity (Wildman–Crippen MR) is 144 cm³/mol. The van der Waals surface area contributed by atoms with Crippen molar-refractivity contribution >= 4 is 23.4 Å². The molecule has 3 fully saturated rings. The van der Waals surface area contributed by atoms with Crippen molar-refractivity contribution in [1.29, 1.82) is 0 Å². The van der Waals surface area contributed by atoms with E-state index < -0.39 is 24.4 Å². The highest BCUT2D eigenvalue weighted by molar-refractivity contribution is 5.78. The molecule has 39 heavy (non-hydrogen) atoms. The lowest BCUT2D eigenvalue weighted by Gasteiger charge is -2.39. The summed E-state index contributed by atoms with van der Waals surface area (Å²) >= 11 is 0. The molecule has 3 heterocycles. The number of alkyl halides is 2. The number of hydrazine groups is 1. The van der Waals surface area contributed by atoms with E-state index in [-0.39, 0.29) is 31.5 Å². The Morgan fingerprint density at radius 2 is 1.97 bits per heavy atom. The van der Waals surface area contributed by atoms with Crippen molar-refractivity contribution in [3.63, 3.8) is 0 Å². The van der Waals surface area contributed by atoms with Gasteiger partial charge in [0.05, 0.1) is 61.1 Å². The number of piperidine rings is 1. The van der Waals surface area contributed by atoms with Gasteiger partial charge in [-0.2, -0.15) is 0 Å². The number of ether oxygens (including phenoxy) is 1. The lowest BCUT2D eigenvalue weighted by atomic mass is 9.91. The summed E-state index contributed by atoms with van der Waals surface area (Å²) < 4.78 is 34.0. The van der Waals surface area contributed by atoms with Crippen LogP contribution in [0.25, 0.3) is 5.70 Å². The van der Waals surface area contributed by atoms with Crippen molar-refractivity contribution in [3.05, 3.63) is 29.2 Å². The fourth-order valence-corrected chi connectivity index (χ4v) is 5.69. The Balaban J connectivity index is 1.56. The number of aromatic nitrogens is 1. The van der Waals surface area contributed by atoms with E-state index in [2.05, 4.69) is 0 Å². The van der Waals surface area contributed by atoms with Gasteiger partial charge < -0.3 is 30.2 Å². The average Bonchev–Trinajstić information content (AvgIpc) is 3.67. The monoisotopic (exact) mass is 549 g/mol. The topological polar surface area (TPSA) is 121 Å². The number of urea groups is 1. The second-order valence-corrected chi connectivity index (χ2v) is 11.2. The molecular weight excluding hydrogens is 508 g/mol. The summed E-state index contributed by atoms with van der Waals surface area (Å²) in [7, 11) is 4.76. The molecule has 12 heteroatoms. The number of carbonyl (C=O) groups is 2. The van der Waals surface area contributed by atoms with E-state index in [0.29, 0.717) is 53.9 Å². The molecule has 2 aliphatic heterocycles. The van der Waals surface area contributed by atoms with Gasteiger partial charge in [0.15, 0.2) is 0 Å². The summed E-state index contributed by atoms with van der Waals surface area (Å²) in [5.41, 5.74) is 9.12. The number of esters is 1. The summed E-state index contributed by atoms with van der Waals surface area (Å²) in [6.07, 6.45) is 3.52. The third kappa shape index (κ3) is 6.71. The standard InChI is InChI=1S/C27H41F2N7O3/c1-5-20-22(36-13-18(11-24(37)39-4)12-27(28,29)16-36)9-8-21(32-20)25(30)23(34(3)31)15-35-14-19(10-17-6-7-17)33(2)26(35)38/h8-9,17-19H,5-7,10-16,30-31H2,1-4H3/b25-23-/t18-,19-/m0/s1. The number of aryl methyl sites for hydroxylation is 1. The molecule has 1 saturated carbocycles. The van der Waals surface area contributed by atoms with Crippen molar-refractivity contribution in [1.82, 2.24) is 19.8 Å². The molecule has 1 aliphatic carbocycles. The molecule has 0 aromatic carbocycles. The van der Waals surface area contributed by atoms with Crippen molar-refractivity contribution in [2.24, 2.45) is 23.4 Å². The molecule has 0 radical (unpaired) electrons. The first-order valence-electron chi connectivity index (χ1n) is 13.6. The minimum absolute atomic E-state index is 0.0575. The molecule has 2 atom stereocenters. The fraction of sp³-hybridized carbons (Fsp3) is 0.667. The molecule has 3 aliphatic rings. The number of carbonyl (C=O) groups excluding carboxylic acids is 2. The first kappa shape index (κ1) is 28.8. The molecule has 0 bridgehead atoms. The van der Waals surface area contributed by atoms with Crippen molar-refractivity contribution in [2.75, 3.05) is 52.3 Å². The smallest absolute Gasteiger partial charge is 0.320 e. The predicted octanol–water partition coefficient (Wildman–Crippen LogP) is 2.64. The van der Waals surface area contributed by atoms with Crippen LogP contribution < -0.4 is 16.5 Å². The zero-order chi connectivity index (χ0) is 28.5. The van der Waals surface area contributed by atoms with Crippen LogP contribution in [0.1, 0.15) is 50.4 Å². The molecule has 1 aromatic rings. The number of rotatable bonds is 10. The molecule has 4 rings (SSSR count). The van der Waals surface area contributed by atoms with Crippen LogP contribution in [-0.4, -0.2) is 91.1 Å². The largest absolute Gasteiger partial charge is 0.469 e. The van der Waals surface area contributed by atoms with Gasteiger partial charge in [-0.05, 0) is 36.8 Å². The van der Waals surface area contributed by atoms with E-state index in [1.165, 1.54) is 25.0 Å². The van der Waals surface area contributed by atoms with Crippen LogP contribution in [0.2, 0.25) is 0 Å². The normalized spacial score (nSPS) is 23.7. The van der Waals surface area contributed by atoms with Crippen LogP contribution in [-0.2, 0) is 16.0 Å². The molecule has 1 aromatic heterocycles. The third-order valence-electron chi connectivity index (χ3n) is 8.00. The molecule has 4 N–H and O–H groups in total. The second kappa shape index (κ2) is 11.5. The van der Waals surface area contributed by atoms with Gasteiger partial charge in [-0.1, -0.05) is 19.8 Å². The Morgan fingerprint density at radius 1 is 1.26 bits per heavy atom. The summed E-state index contributed by atoms with van der Waals surface area (Å²) in [6, 6.07) is 3.56. The number of pyridine rings is 1. The highest BCUT2D eigenvalue weighted by atomic mass is 19.3. The highest BCUT2D eigenvalue weighted by Gasteiger charge is 2.42. The van der Waals surface area contributed by atoms with Crippen molar-refractivity contribution < 1.29 is 23.1 Å². The number of anilines is 1. The minimum atomic E-state index is -2.94. The lowest BCUT2D eigenvalue weighted by Crippen LogP contribution is -2.48. The van der Waals surface area contributed by atoms with Gasteiger partial charge >= 0.3 is 12.0 Å². The van der Waals surface area contributed by atoms with Crippen LogP contribution in [0.5, 0.6) is 0 Å². The number of halogens is 2. The fourth-order valence-electron chi connectivity index (χ4n) is 5.69. The van der Waals surface area contributed by atoms with E-state index in [1.807, 2.05) is 14.0 Å². The van der Waals surface area contributed by atoms with Crippen LogP contribution in [0.4, 0.5) is 19.3 Å². The second-order valence-electron chi connectivity index (χ2n) is 11.2. The van der Waals surface area contributed by atoms with Gasteiger partial charge in [0.25, 0.3) is 5.92 Å². The summed E-state index contributed by atoms with van der Waals surface area (Å²) in [5, 5.41) is 1.40. The van der Waals surface area contributed by atoms with Gasteiger partial charge in [-0.15, -0.1) is 0 Å². The summed E-state index contributed by atoms with van der Waals surface area (Å²) in [6.45, 7) is 2.60. The van der Waals surface area contributed by atoms with E-state index in [0.717, 1.165) is 6.42 Å². The van der Waals surface area contributed by atoms with Gasteiger partial charge in [-0.3, -0.25) is 4.79 Å². The summed E-state index contributed by atoms with van der Waals surface area (Å²) in [5.74, 6) is 2.88. The molecule has 10 nitrogen and oxygen atoms in total. The SMILES string of the molecule is CCc1nc(/C(N)=C(\CN2C[C@H](CC3CC3)N(C)C2=O)N(C)N)ccc1N1C[C@@H](CC(=O)OC)CC(F)(F)C1. The van der Waals surface area contributed by atoms with Gasteiger partial charge in [0.2, 0.25) is 0 Å². The van der Waals surface area contributed by atoms with E-state index in [9.17, 15) is 18.4 Å². The Kier molecular flexibility index (Phi) is 8.53. The zero-order valence-electron chi connectivity index (χ0n) is 23.3. The Bertz CT molecular complexity index is 1110. The highest BCUT2D eigenvalue weighted by Crippen LogP contribution is 2.37. The molecule has 2 saturated heterocycles. The number of nitrogens with two attached hydrogens (primary N) is 2. The quantitative estimate of drug-likeness (QED) is 0.260. The maximum absolute atomic E-state index is 14.6.